The van der Waals surface area contributed by atoms with E-state index in [0.29, 0.717) is 32.4 Å². The van der Waals surface area contributed by atoms with E-state index in [-0.39, 0.29) is 42.9 Å². The number of nitrogens with one attached hydrogen (secondary N) is 3. The van der Waals surface area contributed by atoms with E-state index in [1.807, 2.05) is 29.1 Å². The predicted molar refractivity (Wildman–Crippen MR) is 220 cm³/mol. The number of hydrogen-bond acceptors (Lipinski definition) is 15. The van der Waals surface area contributed by atoms with Crippen LogP contribution >= 0.6 is 15.4 Å². The lowest BCUT2D eigenvalue weighted by atomic mass is 10.2. The number of carbonyl (C=O) groups excluding carboxylic acids is 1. The summed E-state index contributed by atoms with van der Waals surface area (Å²) in [7, 11) is -9.67. The Hall–Kier alpha value is -3.83. The lowest BCUT2D eigenvalue weighted by molar-refractivity contribution is -0.122. The van der Waals surface area contributed by atoms with Crippen LogP contribution in [0.1, 0.15) is 82.4 Å². The van der Waals surface area contributed by atoms with E-state index in [1.165, 1.54) is 33.2 Å². The fourth-order valence-corrected chi connectivity index (χ4v) is 9.09. The largest absolute Gasteiger partial charge is 0.472 e. The van der Waals surface area contributed by atoms with Crippen molar-refractivity contribution >= 4 is 21.3 Å². The first-order valence-corrected chi connectivity index (χ1v) is 23.3. The molecule has 62 heavy (non-hydrogen) atoms. The summed E-state index contributed by atoms with van der Waals surface area (Å²) < 4.78 is 64.9. The molecule has 0 spiro atoms. The molecule has 2 aliphatic heterocycles. The number of aromatic amines is 2. The second-order valence-electron chi connectivity index (χ2n) is 15.5. The van der Waals surface area contributed by atoms with Crippen molar-refractivity contribution in [2.24, 2.45) is 5.73 Å². The number of amides is 1. The van der Waals surface area contributed by atoms with Crippen LogP contribution in [-0.4, -0.2) is 107 Å². The Morgan fingerprint density at radius 3 is 2.10 bits per heavy atom. The fraction of sp³-hybridized carbons (Fsp3) is 0.649. The van der Waals surface area contributed by atoms with Crippen LogP contribution in [0.15, 0.2) is 56.1 Å². The van der Waals surface area contributed by atoms with Crippen molar-refractivity contribution in [2.45, 2.75) is 127 Å². The molecular formula is C37H57N7O16P2. The van der Waals surface area contributed by atoms with Gasteiger partial charge in [0.1, 0.15) is 36.8 Å². The van der Waals surface area contributed by atoms with Gasteiger partial charge < -0.3 is 49.2 Å². The molecular weight excluding hydrogens is 860 g/mol. The number of carbonyl (C=O) groups is 1. The second kappa shape index (κ2) is 21.2. The number of aliphatic hydroxyl groups is 1. The van der Waals surface area contributed by atoms with Gasteiger partial charge in [-0.25, -0.2) is 14.2 Å². The highest BCUT2D eigenvalue weighted by Crippen LogP contribution is 2.58. The molecule has 5 rings (SSSR count). The zero-order valence-corrected chi connectivity index (χ0v) is 36.7. The molecule has 2 saturated heterocycles. The Kier molecular flexibility index (Phi) is 16.8. The number of H-pyrrole nitrogens is 2. The molecule has 8 N–H and O–H groups in total. The summed E-state index contributed by atoms with van der Waals surface area (Å²) >= 11 is 0. The van der Waals surface area contributed by atoms with Crippen LogP contribution in [-0.2, 0) is 48.3 Å². The molecule has 2 aliphatic rings. The summed E-state index contributed by atoms with van der Waals surface area (Å²) in [6.07, 6.45) is 1.04. The van der Waals surface area contributed by atoms with Gasteiger partial charge in [-0.1, -0.05) is 19.8 Å². The van der Waals surface area contributed by atoms with Crippen molar-refractivity contribution in [1.82, 2.24) is 29.0 Å². The van der Waals surface area contributed by atoms with E-state index in [9.17, 15) is 48.0 Å². The minimum Gasteiger partial charge on any atom is -0.390 e. The maximum atomic E-state index is 13.8. The Bertz CT molecular complexity index is 2320. The highest BCUT2D eigenvalue weighted by Gasteiger charge is 2.48. The molecule has 0 aromatic carbocycles. The normalized spacial score (nSPS) is 24.9. The van der Waals surface area contributed by atoms with Crippen molar-refractivity contribution in [2.75, 3.05) is 26.4 Å². The lowest BCUT2D eigenvalue weighted by Crippen LogP contribution is -2.43. The maximum Gasteiger partial charge on any atom is 0.472 e. The molecule has 0 aliphatic carbocycles. The maximum absolute atomic E-state index is 13.8. The molecule has 25 heteroatoms. The van der Waals surface area contributed by atoms with Crippen LogP contribution in [0.5, 0.6) is 0 Å². The molecule has 2 fully saturated rings. The number of nitrogens with zero attached hydrogens (tertiary/aromatic N) is 3. The number of ether oxygens (including phenoxy) is 3. The van der Waals surface area contributed by atoms with Crippen LogP contribution in [0.4, 0.5) is 0 Å². The summed E-state index contributed by atoms with van der Waals surface area (Å²) in [6.45, 7) is 5.54. The summed E-state index contributed by atoms with van der Waals surface area (Å²) in [5, 5.41) is 11.8. The molecule has 3 aromatic heterocycles. The molecule has 10 atom stereocenters. The number of aliphatic hydroxyl groups excluding tert-OH is 1. The number of phosphoric ester groups is 1. The van der Waals surface area contributed by atoms with Gasteiger partial charge in [0.25, 0.3) is 11.1 Å². The van der Waals surface area contributed by atoms with E-state index in [2.05, 4.69) is 15.3 Å². The monoisotopic (exact) mass is 917 g/mol. The summed E-state index contributed by atoms with van der Waals surface area (Å²) in [6, 6.07) is 3.02. The third-order valence-electron chi connectivity index (χ3n) is 10.8. The summed E-state index contributed by atoms with van der Waals surface area (Å²) in [5.74, 6) is -0.250. The molecule has 23 nitrogen and oxygen atoms in total. The van der Waals surface area contributed by atoms with Crippen molar-refractivity contribution in [3.63, 3.8) is 0 Å². The van der Waals surface area contributed by atoms with E-state index in [4.69, 9.17) is 33.5 Å². The van der Waals surface area contributed by atoms with Gasteiger partial charge in [-0.15, -0.1) is 0 Å². The van der Waals surface area contributed by atoms with Crippen LogP contribution in [0.2, 0.25) is 0 Å². The first-order chi connectivity index (χ1) is 29.2. The van der Waals surface area contributed by atoms with Gasteiger partial charge >= 0.3 is 26.8 Å². The highest BCUT2D eigenvalue weighted by molar-refractivity contribution is 7.54. The Morgan fingerprint density at radius 1 is 0.919 bits per heavy atom. The molecule has 0 bridgehead atoms. The molecule has 1 amide bonds. The van der Waals surface area contributed by atoms with E-state index >= 15 is 0 Å². The number of unbranched alkanes of at least 4 members (excludes halogenated alkanes) is 3. The van der Waals surface area contributed by atoms with Crippen molar-refractivity contribution in [3.05, 3.63) is 89.7 Å². The van der Waals surface area contributed by atoms with Crippen LogP contribution in [0.25, 0.3) is 0 Å². The molecule has 0 saturated carbocycles. The molecule has 0 radical (unpaired) electrons. The first-order valence-electron chi connectivity index (χ1n) is 20.3. The smallest absolute Gasteiger partial charge is 0.390 e. The van der Waals surface area contributed by atoms with Gasteiger partial charge in [-0.3, -0.25) is 47.1 Å². The van der Waals surface area contributed by atoms with E-state index in [1.54, 1.807) is 6.92 Å². The Labute approximate surface area is 355 Å². The van der Waals surface area contributed by atoms with E-state index < -0.39 is 99.4 Å². The van der Waals surface area contributed by atoms with Gasteiger partial charge in [-0.2, -0.15) is 0 Å². The first kappa shape index (κ1) is 49.2. The Balaban J connectivity index is 1.15. The van der Waals surface area contributed by atoms with Gasteiger partial charge in [-0.05, 0) is 52.2 Å². The minimum atomic E-state index is -5.04. The summed E-state index contributed by atoms with van der Waals surface area (Å²) in [5.41, 5.74) is 3.47. The van der Waals surface area contributed by atoms with Crippen LogP contribution in [0, 0.1) is 13.8 Å². The molecule has 5 heterocycles. The molecule has 3 aromatic rings. The number of phosphoric acid groups is 1. The van der Waals surface area contributed by atoms with Gasteiger partial charge in [0.2, 0.25) is 5.91 Å². The summed E-state index contributed by atoms with van der Waals surface area (Å²) in [4.78, 5) is 87.6. The molecule has 346 valence electrons. The van der Waals surface area contributed by atoms with Gasteiger partial charge in [0.15, 0.2) is 5.34 Å². The molecule has 10 unspecified atom stereocenters. The standard InChI is InChI=1S/C37H57N7O16P2/c1-5-37(4,55-15-11-7-6-8-12-39-34(48)25(38)20-42-13-9-10-14-42)61(51,52)56-22-29-27(17-31(59-29)44-19-24(3)33(47)41-36(44)50)60-62(53,54)57-21-28-26(45)16-30(58-28)43-18-23(2)32(46)40-35(43)49/h9-10,13-14,18-19,25-31,45H,5-8,11-12,15-17,20-22,38H2,1-4H3,(H,39,48)(H,51,52)(H,53,54)(H,40,46,49)(H,41,47,50). The number of rotatable bonds is 23. The third-order valence-corrected chi connectivity index (χ3v) is 14.0. The SMILES string of the molecule is CCC(C)(OCCCCCCNC(=O)C(N)Cn1cccc1)P(=O)(O)OCC1OC(n2cc(C)c(=O)[nH]c2=O)CC1OP(=O)(O)OCC1OC(n2cc(C)c(=O)[nH]c2=O)CC1O. The third kappa shape index (κ3) is 12.7. The topological polar surface area (TPSA) is 320 Å². The van der Waals surface area contributed by atoms with Crippen LogP contribution in [0.3, 0.4) is 0 Å². The average Bonchev–Trinajstić information content (AvgIpc) is 3.97. The van der Waals surface area contributed by atoms with Crippen molar-refractivity contribution in [1.29, 1.82) is 0 Å². The van der Waals surface area contributed by atoms with Gasteiger partial charge in [0, 0.05) is 68.5 Å². The number of aromatic nitrogens is 5. The Morgan fingerprint density at radius 2 is 1.48 bits per heavy atom. The van der Waals surface area contributed by atoms with Gasteiger partial charge in [0.05, 0.1) is 19.3 Å². The van der Waals surface area contributed by atoms with Crippen molar-refractivity contribution in [3.8, 4) is 0 Å². The minimum absolute atomic E-state index is 0.0578. The zero-order chi connectivity index (χ0) is 45.4. The number of hydrogen-bond donors (Lipinski definition) is 7. The van der Waals surface area contributed by atoms with Crippen LogP contribution < -0.4 is 33.5 Å². The number of aryl methyl sites for hydroxylation is 2. The number of nitrogens with two attached hydrogens (primary N) is 1. The van der Waals surface area contributed by atoms with E-state index in [0.717, 1.165) is 15.6 Å². The highest BCUT2D eigenvalue weighted by atomic mass is 31.2. The predicted octanol–water partition coefficient (Wildman–Crippen LogP) is 0.992. The second-order valence-corrected chi connectivity index (χ2v) is 19.2. The average molecular weight is 918 g/mol. The zero-order valence-electron chi connectivity index (χ0n) is 35.0. The lowest BCUT2D eigenvalue weighted by Gasteiger charge is -2.33. The fourth-order valence-electron chi connectivity index (χ4n) is 6.85. The van der Waals surface area contributed by atoms with Crippen molar-refractivity contribution < 1.29 is 56.6 Å². The quantitative estimate of drug-likeness (QED) is 0.0515.